The molecule has 0 saturated carbocycles. The molecule has 0 radical (unpaired) electrons. The number of nitrogens with zero attached hydrogens (tertiary/aromatic N) is 1. The zero-order valence-electron chi connectivity index (χ0n) is 11.2. The molecule has 0 N–H and O–H groups in total. The maximum Gasteiger partial charge on any atom is 0.237 e. The lowest BCUT2D eigenvalue weighted by molar-refractivity contribution is -0.128. The van der Waals surface area contributed by atoms with Crippen molar-refractivity contribution in [1.82, 2.24) is 4.90 Å². The monoisotopic (exact) mass is 351 g/mol. The molecular weight excluding hydrogens is 338 g/mol. The standard InChI is InChI=1S/C12H14ClNO5S2/c1-20(16,17)10-4-2-9(3-5-10)7-14-8-11(6-12(14)15)21(13,18)19/h2-5,11H,6-8H2,1H3. The minimum absolute atomic E-state index is 0.0541. The second kappa shape index (κ2) is 5.58. The summed E-state index contributed by atoms with van der Waals surface area (Å²) < 4.78 is 45.2. The van der Waals surface area contributed by atoms with E-state index in [1.54, 1.807) is 12.1 Å². The zero-order valence-corrected chi connectivity index (χ0v) is 13.6. The molecular formula is C12H14ClNO5S2. The summed E-state index contributed by atoms with van der Waals surface area (Å²) in [6.07, 6.45) is 0.995. The second-order valence-electron chi connectivity index (χ2n) is 4.99. The molecule has 1 heterocycles. The first kappa shape index (κ1) is 16.3. The molecule has 1 aromatic rings. The van der Waals surface area contributed by atoms with Gasteiger partial charge in [0.25, 0.3) is 0 Å². The first-order chi connectivity index (χ1) is 9.57. The van der Waals surface area contributed by atoms with E-state index in [2.05, 4.69) is 0 Å². The van der Waals surface area contributed by atoms with Gasteiger partial charge < -0.3 is 4.90 Å². The fraction of sp³-hybridized carbons (Fsp3) is 0.417. The van der Waals surface area contributed by atoms with E-state index in [1.165, 1.54) is 17.0 Å². The predicted octanol–water partition coefficient (Wildman–Crippen LogP) is 0.760. The van der Waals surface area contributed by atoms with E-state index in [-0.39, 0.29) is 30.3 Å². The molecule has 1 aromatic carbocycles. The van der Waals surface area contributed by atoms with Crippen LogP contribution in [0, 0.1) is 0 Å². The van der Waals surface area contributed by atoms with Crippen molar-refractivity contribution < 1.29 is 21.6 Å². The highest BCUT2D eigenvalue weighted by molar-refractivity contribution is 8.14. The van der Waals surface area contributed by atoms with Gasteiger partial charge in [-0.3, -0.25) is 4.79 Å². The Labute approximate surface area is 128 Å². The van der Waals surface area contributed by atoms with Crippen LogP contribution in [0.1, 0.15) is 12.0 Å². The third kappa shape index (κ3) is 3.96. The van der Waals surface area contributed by atoms with Crippen LogP contribution in [0.5, 0.6) is 0 Å². The summed E-state index contributed by atoms with van der Waals surface area (Å²) in [5.74, 6) is -0.281. The number of likely N-dealkylation sites (tertiary alicyclic amines) is 1. The summed E-state index contributed by atoms with van der Waals surface area (Å²) in [5.41, 5.74) is 0.725. The van der Waals surface area contributed by atoms with Crippen molar-refractivity contribution in [3.63, 3.8) is 0 Å². The Bertz CT molecular complexity index is 755. The Hall–Kier alpha value is -1.12. The van der Waals surface area contributed by atoms with Crippen molar-refractivity contribution in [1.29, 1.82) is 0 Å². The quantitative estimate of drug-likeness (QED) is 0.747. The van der Waals surface area contributed by atoms with Gasteiger partial charge in [-0.05, 0) is 17.7 Å². The van der Waals surface area contributed by atoms with Crippen LogP contribution in [0.15, 0.2) is 29.2 Å². The summed E-state index contributed by atoms with van der Waals surface area (Å²) in [4.78, 5) is 13.4. The average molecular weight is 352 g/mol. The molecule has 6 nitrogen and oxygen atoms in total. The Kier molecular flexibility index (Phi) is 4.32. The summed E-state index contributed by atoms with van der Waals surface area (Å²) in [6.45, 7) is 0.282. The van der Waals surface area contributed by atoms with E-state index in [0.29, 0.717) is 0 Å². The first-order valence-electron chi connectivity index (χ1n) is 6.07. The molecule has 1 unspecified atom stereocenters. The van der Waals surface area contributed by atoms with Gasteiger partial charge in [0.05, 0.1) is 4.90 Å². The van der Waals surface area contributed by atoms with E-state index < -0.39 is 24.1 Å². The van der Waals surface area contributed by atoms with E-state index in [0.717, 1.165) is 11.8 Å². The van der Waals surface area contributed by atoms with Gasteiger partial charge in [-0.1, -0.05) is 12.1 Å². The highest BCUT2D eigenvalue weighted by Crippen LogP contribution is 2.23. The number of rotatable bonds is 4. The van der Waals surface area contributed by atoms with Crippen LogP contribution < -0.4 is 0 Å². The van der Waals surface area contributed by atoms with Crippen molar-refractivity contribution >= 4 is 35.5 Å². The lowest BCUT2D eigenvalue weighted by Crippen LogP contribution is -2.26. The van der Waals surface area contributed by atoms with Gasteiger partial charge in [-0.15, -0.1) is 0 Å². The minimum atomic E-state index is -3.76. The molecule has 0 spiro atoms. The number of carbonyl (C=O) groups excluding carboxylic acids is 1. The Morgan fingerprint density at radius 3 is 2.19 bits per heavy atom. The van der Waals surface area contributed by atoms with Gasteiger partial charge in [0.1, 0.15) is 5.25 Å². The van der Waals surface area contributed by atoms with Crippen LogP contribution in [0.3, 0.4) is 0 Å². The van der Waals surface area contributed by atoms with Crippen molar-refractivity contribution in [3.05, 3.63) is 29.8 Å². The number of carbonyl (C=O) groups is 1. The molecule has 1 amide bonds. The van der Waals surface area contributed by atoms with Crippen molar-refractivity contribution in [3.8, 4) is 0 Å². The van der Waals surface area contributed by atoms with Crippen LogP contribution >= 0.6 is 10.7 Å². The maximum atomic E-state index is 11.8. The fourth-order valence-corrected chi connectivity index (χ4v) is 3.83. The largest absolute Gasteiger partial charge is 0.337 e. The molecule has 9 heteroatoms. The zero-order chi connectivity index (χ0) is 15.8. The summed E-state index contributed by atoms with van der Waals surface area (Å²) >= 11 is 0. The van der Waals surface area contributed by atoms with E-state index in [1.807, 2.05) is 0 Å². The number of hydrogen-bond acceptors (Lipinski definition) is 5. The highest BCUT2D eigenvalue weighted by atomic mass is 35.7. The molecule has 1 aliphatic rings. The molecule has 1 atom stereocenters. The number of sulfone groups is 1. The summed E-state index contributed by atoms with van der Waals surface area (Å²) in [7, 11) is -1.75. The number of benzene rings is 1. The third-order valence-electron chi connectivity index (χ3n) is 3.30. The molecule has 1 saturated heterocycles. The lowest BCUT2D eigenvalue weighted by atomic mass is 10.2. The average Bonchev–Trinajstić information content (AvgIpc) is 2.70. The molecule has 0 aromatic heterocycles. The SMILES string of the molecule is CS(=O)(=O)c1ccc(CN2CC(S(=O)(=O)Cl)CC2=O)cc1. The normalized spacial score (nSPS) is 20.0. The minimum Gasteiger partial charge on any atom is -0.337 e. The fourth-order valence-electron chi connectivity index (χ4n) is 2.14. The molecule has 0 bridgehead atoms. The smallest absolute Gasteiger partial charge is 0.237 e. The molecule has 1 aliphatic heterocycles. The first-order valence-corrected chi connectivity index (χ1v) is 10.3. The van der Waals surface area contributed by atoms with E-state index in [9.17, 15) is 21.6 Å². The number of halogens is 1. The third-order valence-corrected chi connectivity index (χ3v) is 6.30. The van der Waals surface area contributed by atoms with Crippen LogP contribution in [-0.2, 0) is 30.2 Å². The summed E-state index contributed by atoms with van der Waals surface area (Å²) in [6, 6.07) is 6.13. The van der Waals surface area contributed by atoms with E-state index >= 15 is 0 Å². The molecule has 0 aliphatic carbocycles. The topological polar surface area (TPSA) is 88.6 Å². The lowest BCUT2D eigenvalue weighted by Gasteiger charge is -2.16. The molecule has 21 heavy (non-hydrogen) atoms. The number of amides is 1. The Morgan fingerprint density at radius 2 is 1.76 bits per heavy atom. The Balaban J connectivity index is 2.11. The molecule has 116 valence electrons. The van der Waals surface area contributed by atoms with Gasteiger partial charge >= 0.3 is 0 Å². The van der Waals surface area contributed by atoms with Crippen LogP contribution in [0.2, 0.25) is 0 Å². The van der Waals surface area contributed by atoms with Gasteiger partial charge in [-0.25, -0.2) is 16.8 Å². The highest BCUT2D eigenvalue weighted by Gasteiger charge is 2.37. The van der Waals surface area contributed by atoms with Crippen LogP contribution in [0.4, 0.5) is 0 Å². The van der Waals surface area contributed by atoms with Crippen molar-refractivity contribution in [2.24, 2.45) is 0 Å². The predicted molar refractivity (Wildman–Crippen MR) is 78.1 cm³/mol. The summed E-state index contributed by atoms with van der Waals surface area (Å²) in [5, 5.41) is -0.887. The van der Waals surface area contributed by atoms with Crippen molar-refractivity contribution in [2.45, 2.75) is 23.1 Å². The van der Waals surface area contributed by atoms with Gasteiger partial charge in [0.15, 0.2) is 9.84 Å². The van der Waals surface area contributed by atoms with Gasteiger partial charge in [0, 0.05) is 36.4 Å². The Morgan fingerprint density at radius 1 is 1.19 bits per heavy atom. The van der Waals surface area contributed by atoms with Crippen molar-refractivity contribution in [2.75, 3.05) is 12.8 Å². The second-order valence-corrected chi connectivity index (χ2v) is 9.92. The van der Waals surface area contributed by atoms with Crippen LogP contribution in [-0.4, -0.2) is 45.7 Å². The van der Waals surface area contributed by atoms with Crippen LogP contribution in [0.25, 0.3) is 0 Å². The van der Waals surface area contributed by atoms with E-state index in [4.69, 9.17) is 10.7 Å². The van der Waals surface area contributed by atoms with Gasteiger partial charge in [-0.2, -0.15) is 0 Å². The number of hydrogen-bond donors (Lipinski definition) is 0. The van der Waals surface area contributed by atoms with Gasteiger partial charge in [0.2, 0.25) is 15.0 Å². The molecule has 1 fully saturated rings. The maximum absolute atomic E-state index is 11.8. The molecule has 2 rings (SSSR count).